The minimum absolute atomic E-state index is 0.148. The summed E-state index contributed by atoms with van der Waals surface area (Å²) >= 11 is 0. The van der Waals surface area contributed by atoms with Crippen LogP contribution in [0.2, 0.25) is 0 Å². The molecule has 6 nitrogen and oxygen atoms in total. The molecular formula is C27H26F2N2O4S. The zero-order valence-corrected chi connectivity index (χ0v) is 20.2. The first-order valence-corrected chi connectivity index (χ1v) is 12.9. The average molecular weight is 513 g/mol. The number of sulfonamides is 1. The minimum Gasteiger partial charge on any atom is -0.388 e. The predicted octanol–water partition coefficient (Wildman–Crippen LogP) is 3.64. The van der Waals surface area contributed by atoms with Gasteiger partial charge in [-0.05, 0) is 59.2 Å². The summed E-state index contributed by atoms with van der Waals surface area (Å²) in [4.78, 5) is 13.5. The summed E-state index contributed by atoms with van der Waals surface area (Å²) in [6, 6.07) is 18.2. The van der Waals surface area contributed by atoms with Gasteiger partial charge >= 0.3 is 0 Å². The first-order chi connectivity index (χ1) is 17.3. The van der Waals surface area contributed by atoms with Gasteiger partial charge in [0.1, 0.15) is 18.2 Å². The molecule has 3 aromatic carbocycles. The first-order valence-electron chi connectivity index (χ1n) is 11.4. The molecule has 0 spiro atoms. The van der Waals surface area contributed by atoms with Crippen molar-refractivity contribution in [1.82, 2.24) is 9.21 Å². The summed E-state index contributed by atoms with van der Waals surface area (Å²) in [6.45, 7) is 0.797. The zero-order chi connectivity index (χ0) is 25.7. The molecule has 0 saturated carbocycles. The minimum atomic E-state index is -3.73. The fraction of sp³-hybridized carbons (Fsp3) is 0.222. The van der Waals surface area contributed by atoms with Gasteiger partial charge in [0.05, 0.1) is 10.9 Å². The van der Waals surface area contributed by atoms with Crippen LogP contribution < -0.4 is 0 Å². The van der Waals surface area contributed by atoms with Crippen LogP contribution in [0.5, 0.6) is 0 Å². The van der Waals surface area contributed by atoms with E-state index in [-0.39, 0.29) is 35.7 Å². The normalized spacial score (nSPS) is 15.6. The molecule has 3 aromatic rings. The molecular weight excluding hydrogens is 486 g/mol. The lowest BCUT2D eigenvalue weighted by Crippen LogP contribution is -2.49. The van der Waals surface area contributed by atoms with Crippen molar-refractivity contribution in [3.8, 4) is 0 Å². The second-order valence-corrected chi connectivity index (χ2v) is 10.4. The van der Waals surface area contributed by atoms with Crippen molar-refractivity contribution in [2.24, 2.45) is 0 Å². The van der Waals surface area contributed by atoms with Gasteiger partial charge in [0.15, 0.2) is 5.78 Å². The Labute approximate surface area is 209 Å². The third kappa shape index (κ3) is 5.93. The number of nitrogens with zero attached hydrogens (tertiary/aromatic N) is 2. The van der Waals surface area contributed by atoms with E-state index in [1.54, 1.807) is 36.4 Å². The maximum Gasteiger partial charge on any atom is 0.243 e. The van der Waals surface area contributed by atoms with E-state index in [0.717, 1.165) is 11.1 Å². The van der Waals surface area contributed by atoms with E-state index in [1.807, 2.05) is 0 Å². The first kappa shape index (κ1) is 25.8. The molecule has 1 fully saturated rings. The lowest BCUT2D eigenvalue weighted by Gasteiger charge is -2.39. The Balaban J connectivity index is 1.50. The summed E-state index contributed by atoms with van der Waals surface area (Å²) in [6.07, 6.45) is 2.75. The Kier molecular flexibility index (Phi) is 8.05. The van der Waals surface area contributed by atoms with Gasteiger partial charge in [-0.1, -0.05) is 42.5 Å². The smallest absolute Gasteiger partial charge is 0.243 e. The van der Waals surface area contributed by atoms with Gasteiger partial charge in [-0.3, -0.25) is 9.69 Å². The van der Waals surface area contributed by atoms with Crippen LogP contribution in [0.4, 0.5) is 8.78 Å². The third-order valence-corrected chi connectivity index (χ3v) is 8.06. The molecule has 0 aromatic heterocycles. The van der Waals surface area contributed by atoms with E-state index in [4.69, 9.17) is 5.11 Å². The maximum absolute atomic E-state index is 13.5. The molecule has 0 radical (unpaired) electrons. The van der Waals surface area contributed by atoms with Crippen LogP contribution in [-0.4, -0.2) is 61.3 Å². The number of rotatable bonds is 8. The van der Waals surface area contributed by atoms with Crippen molar-refractivity contribution in [3.63, 3.8) is 0 Å². The molecule has 188 valence electrons. The van der Waals surface area contributed by atoms with Gasteiger partial charge in [-0.25, -0.2) is 17.2 Å². The van der Waals surface area contributed by atoms with Gasteiger partial charge in [0, 0.05) is 26.2 Å². The molecule has 36 heavy (non-hydrogen) atoms. The molecule has 1 saturated heterocycles. The molecule has 0 unspecified atom stereocenters. The van der Waals surface area contributed by atoms with Gasteiger partial charge in [-0.15, -0.1) is 0 Å². The molecule has 4 rings (SSSR count). The molecule has 0 atom stereocenters. The largest absolute Gasteiger partial charge is 0.388 e. The molecule has 1 aliphatic rings. The highest BCUT2D eigenvalue weighted by atomic mass is 32.2. The topological polar surface area (TPSA) is 77.9 Å². The number of carbonyl (C=O) groups is 1. The van der Waals surface area contributed by atoms with E-state index < -0.39 is 22.4 Å². The Morgan fingerprint density at radius 1 is 0.833 bits per heavy atom. The van der Waals surface area contributed by atoms with E-state index in [1.165, 1.54) is 52.9 Å². The molecule has 0 amide bonds. The molecule has 0 aliphatic carbocycles. The summed E-state index contributed by atoms with van der Waals surface area (Å²) < 4.78 is 55.0. The Bertz CT molecular complexity index is 1270. The second kappa shape index (κ2) is 11.2. The highest BCUT2D eigenvalue weighted by Crippen LogP contribution is 2.31. The maximum atomic E-state index is 13.5. The number of benzene rings is 3. The van der Waals surface area contributed by atoms with Gasteiger partial charge in [-0.2, -0.15) is 4.31 Å². The van der Waals surface area contributed by atoms with Gasteiger partial charge in [0.25, 0.3) is 0 Å². The van der Waals surface area contributed by atoms with Crippen molar-refractivity contribution >= 4 is 21.9 Å². The molecule has 1 aliphatic heterocycles. The van der Waals surface area contributed by atoms with E-state index in [0.29, 0.717) is 18.7 Å². The average Bonchev–Trinajstić information content (AvgIpc) is 2.90. The molecule has 1 heterocycles. The van der Waals surface area contributed by atoms with E-state index in [2.05, 4.69) is 4.90 Å². The number of aliphatic hydroxyl groups is 1. The highest BCUT2D eigenvalue weighted by Gasteiger charge is 2.32. The van der Waals surface area contributed by atoms with Crippen LogP contribution in [0.15, 0.2) is 83.8 Å². The molecule has 9 heteroatoms. The summed E-state index contributed by atoms with van der Waals surface area (Å²) in [7, 11) is -3.73. The molecule has 1 N–H and O–H groups in total. The third-order valence-electron chi connectivity index (χ3n) is 6.15. The monoisotopic (exact) mass is 512 g/mol. The lowest BCUT2D eigenvalue weighted by molar-refractivity contribution is -0.117. The van der Waals surface area contributed by atoms with Crippen molar-refractivity contribution in [2.45, 2.75) is 10.9 Å². The SMILES string of the molecule is O=C(/C=C/c1ccc(S(=O)(=O)N2CCN(C(c3ccc(F)cc3)c3ccc(F)cc3)CC2)cc1)CO. The lowest BCUT2D eigenvalue weighted by atomic mass is 9.96. The van der Waals surface area contributed by atoms with Crippen LogP contribution in [0.1, 0.15) is 22.7 Å². The van der Waals surface area contributed by atoms with Crippen molar-refractivity contribution in [3.05, 3.63) is 107 Å². The fourth-order valence-corrected chi connectivity index (χ4v) is 5.67. The second-order valence-electron chi connectivity index (χ2n) is 8.47. The number of piperazine rings is 1. The Hall–Kier alpha value is -3.24. The summed E-state index contributed by atoms with van der Waals surface area (Å²) in [5.74, 6) is -1.15. The highest BCUT2D eigenvalue weighted by molar-refractivity contribution is 7.89. The number of ketones is 1. The van der Waals surface area contributed by atoms with Crippen molar-refractivity contribution in [1.29, 1.82) is 0 Å². The molecule has 0 bridgehead atoms. The van der Waals surface area contributed by atoms with Crippen molar-refractivity contribution in [2.75, 3.05) is 32.8 Å². The van der Waals surface area contributed by atoms with Crippen LogP contribution >= 0.6 is 0 Å². The Morgan fingerprint density at radius 3 is 1.81 bits per heavy atom. The predicted molar refractivity (Wildman–Crippen MR) is 133 cm³/mol. The van der Waals surface area contributed by atoms with Crippen molar-refractivity contribution < 1.29 is 27.1 Å². The van der Waals surface area contributed by atoms with Crippen LogP contribution in [-0.2, 0) is 14.8 Å². The van der Waals surface area contributed by atoms with Crippen LogP contribution in [0.25, 0.3) is 6.08 Å². The number of aliphatic hydroxyl groups excluding tert-OH is 1. The van der Waals surface area contributed by atoms with Gasteiger partial charge < -0.3 is 5.11 Å². The number of carbonyl (C=O) groups excluding carboxylic acids is 1. The van der Waals surface area contributed by atoms with Crippen LogP contribution in [0.3, 0.4) is 0 Å². The number of hydrogen-bond acceptors (Lipinski definition) is 5. The Morgan fingerprint density at radius 2 is 1.33 bits per heavy atom. The number of hydrogen-bond donors (Lipinski definition) is 1. The summed E-state index contributed by atoms with van der Waals surface area (Å²) in [5.41, 5.74) is 2.31. The van der Waals surface area contributed by atoms with E-state index >= 15 is 0 Å². The quantitative estimate of drug-likeness (QED) is 0.467. The standard InChI is InChI=1S/C27H26F2N2O4S/c28-23-8-4-21(5-9-23)27(22-6-10-24(29)11-7-22)30-15-17-31(18-16-30)36(34,35)26-13-2-20(3-14-26)1-12-25(33)19-32/h1-14,27,32H,15-19H2/b12-1+. The zero-order valence-electron chi connectivity index (χ0n) is 19.4. The summed E-state index contributed by atoms with van der Waals surface area (Å²) in [5, 5.41) is 8.79. The fourth-order valence-electron chi connectivity index (χ4n) is 4.25. The number of halogens is 2. The van der Waals surface area contributed by atoms with Gasteiger partial charge in [0.2, 0.25) is 10.0 Å². The van der Waals surface area contributed by atoms with E-state index in [9.17, 15) is 22.0 Å². The van der Waals surface area contributed by atoms with Crippen LogP contribution in [0, 0.1) is 11.6 Å².